The second kappa shape index (κ2) is 7.28. The number of aromatic nitrogens is 2. The molecule has 0 radical (unpaired) electrons. The van der Waals surface area contributed by atoms with Gasteiger partial charge in [0.05, 0.1) is 18.0 Å². The average molecular weight is 340 g/mol. The molecule has 3 heterocycles. The number of hydrogen-bond acceptors (Lipinski definition) is 4. The molecule has 0 unspecified atom stereocenters. The van der Waals surface area contributed by atoms with Gasteiger partial charge in [-0.15, -0.1) is 0 Å². The molecule has 5 heteroatoms. The second-order valence-corrected chi connectivity index (χ2v) is 7.51. The summed E-state index contributed by atoms with van der Waals surface area (Å²) in [4.78, 5) is 4.86. The van der Waals surface area contributed by atoms with Gasteiger partial charge in [0, 0.05) is 37.4 Å². The van der Waals surface area contributed by atoms with Crippen LogP contribution >= 0.6 is 0 Å². The van der Waals surface area contributed by atoms with E-state index in [1.165, 1.54) is 30.4 Å². The van der Waals surface area contributed by atoms with Crippen LogP contribution in [-0.2, 0) is 6.54 Å². The van der Waals surface area contributed by atoms with Crippen LogP contribution in [0.5, 0.6) is 0 Å². The molecule has 4 rings (SSSR count). The van der Waals surface area contributed by atoms with Crippen LogP contribution in [0.1, 0.15) is 30.4 Å². The second-order valence-electron chi connectivity index (χ2n) is 7.51. The largest absolute Gasteiger partial charge is 0.390 e. The lowest BCUT2D eigenvalue weighted by molar-refractivity contribution is 0.0706. The molecule has 2 aromatic rings. The van der Waals surface area contributed by atoms with Crippen molar-refractivity contribution in [2.24, 2.45) is 0 Å². The molecule has 1 aromatic carbocycles. The summed E-state index contributed by atoms with van der Waals surface area (Å²) in [5, 5.41) is 15.0. The van der Waals surface area contributed by atoms with Crippen LogP contribution in [0.2, 0.25) is 0 Å². The number of likely N-dealkylation sites (tertiary alicyclic amines) is 2. The first kappa shape index (κ1) is 16.8. The van der Waals surface area contributed by atoms with Gasteiger partial charge < -0.3 is 5.11 Å². The molecule has 2 aliphatic rings. The molecular weight excluding hydrogens is 312 g/mol. The highest BCUT2D eigenvalue weighted by Crippen LogP contribution is 2.22. The highest BCUT2D eigenvalue weighted by Gasteiger charge is 2.35. The van der Waals surface area contributed by atoms with Gasteiger partial charge in [-0.25, -0.2) is 4.68 Å². The Morgan fingerprint density at radius 1 is 1.12 bits per heavy atom. The first-order valence-electron chi connectivity index (χ1n) is 9.45. The minimum absolute atomic E-state index is 0.232. The molecule has 1 aromatic heterocycles. The first-order valence-corrected chi connectivity index (χ1v) is 9.45. The number of aliphatic hydroxyl groups excluding tert-OH is 1. The predicted molar refractivity (Wildman–Crippen MR) is 98.8 cm³/mol. The Labute approximate surface area is 149 Å². The number of aryl methyl sites for hydroxylation is 1. The first-order chi connectivity index (χ1) is 12.2. The summed E-state index contributed by atoms with van der Waals surface area (Å²) in [5.41, 5.74) is 3.55. The van der Waals surface area contributed by atoms with Gasteiger partial charge in [0.1, 0.15) is 0 Å². The smallest absolute Gasteiger partial charge is 0.0834 e. The van der Waals surface area contributed by atoms with Crippen LogP contribution in [0.4, 0.5) is 0 Å². The van der Waals surface area contributed by atoms with E-state index in [-0.39, 0.29) is 6.10 Å². The van der Waals surface area contributed by atoms with Gasteiger partial charge in [-0.05, 0) is 44.5 Å². The fraction of sp³-hybridized carbons (Fsp3) is 0.550. The maximum atomic E-state index is 10.5. The normalized spacial score (nSPS) is 25.5. The summed E-state index contributed by atoms with van der Waals surface area (Å²) < 4.78 is 1.96. The summed E-state index contributed by atoms with van der Waals surface area (Å²) in [6, 6.07) is 8.60. The molecule has 1 N–H and O–H groups in total. The van der Waals surface area contributed by atoms with Crippen LogP contribution in [0.25, 0.3) is 5.69 Å². The number of aliphatic hydroxyl groups is 1. The molecule has 0 saturated carbocycles. The lowest BCUT2D eigenvalue weighted by atomic mass is 10.1. The van der Waals surface area contributed by atoms with E-state index in [9.17, 15) is 5.11 Å². The molecule has 0 spiro atoms. The third-order valence-electron chi connectivity index (χ3n) is 5.60. The Bertz CT molecular complexity index is 707. The number of β-amino-alcohol motifs (C(OH)–C–C–N with tert-alkyl or cyclic N) is 1. The zero-order chi connectivity index (χ0) is 17.2. The van der Waals surface area contributed by atoms with Crippen molar-refractivity contribution < 1.29 is 5.11 Å². The average Bonchev–Trinajstić information content (AvgIpc) is 3.23. The summed E-state index contributed by atoms with van der Waals surface area (Å²) >= 11 is 0. The molecule has 5 nitrogen and oxygen atoms in total. The van der Waals surface area contributed by atoms with E-state index in [1.54, 1.807) is 0 Å². The van der Waals surface area contributed by atoms with E-state index in [0.29, 0.717) is 6.04 Å². The van der Waals surface area contributed by atoms with Crippen molar-refractivity contribution in [1.82, 2.24) is 19.6 Å². The maximum Gasteiger partial charge on any atom is 0.0834 e. The van der Waals surface area contributed by atoms with Gasteiger partial charge in [0.25, 0.3) is 0 Å². The van der Waals surface area contributed by atoms with Gasteiger partial charge in [-0.3, -0.25) is 9.80 Å². The molecule has 2 fully saturated rings. The van der Waals surface area contributed by atoms with Crippen LogP contribution in [0, 0.1) is 6.92 Å². The highest BCUT2D eigenvalue weighted by molar-refractivity contribution is 5.39. The maximum absolute atomic E-state index is 10.5. The Balaban J connectivity index is 1.41. The van der Waals surface area contributed by atoms with Gasteiger partial charge >= 0.3 is 0 Å². The molecule has 0 aliphatic carbocycles. The summed E-state index contributed by atoms with van der Waals surface area (Å²) in [7, 11) is 0. The zero-order valence-electron chi connectivity index (χ0n) is 15.0. The number of piperidine rings is 1. The van der Waals surface area contributed by atoms with Crippen molar-refractivity contribution in [3.8, 4) is 5.69 Å². The quantitative estimate of drug-likeness (QED) is 0.927. The van der Waals surface area contributed by atoms with Crippen LogP contribution in [-0.4, -0.2) is 63.0 Å². The van der Waals surface area contributed by atoms with Gasteiger partial charge in [0.2, 0.25) is 0 Å². The SMILES string of the molecule is Cc1ccccc1-n1cc(CN2C[C@H](O)[C@@H](N3CCCCC3)C2)cn1. The van der Waals surface area contributed by atoms with Gasteiger partial charge in [0.15, 0.2) is 0 Å². The van der Waals surface area contributed by atoms with Gasteiger partial charge in [-0.1, -0.05) is 24.6 Å². The number of nitrogens with zero attached hydrogens (tertiary/aromatic N) is 4. The van der Waals surface area contributed by atoms with E-state index >= 15 is 0 Å². The Morgan fingerprint density at radius 2 is 1.92 bits per heavy atom. The molecule has 2 atom stereocenters. The molecule has 0 amide bonds. The summed E-state index contributed by atoms with van der Waals surface area (Å²) in [6.07, 6.45) is 7.71. The molecule has 2 aliphatic heterocycles. The fourth-order valence-electron chi connectivity index (χ4n) is 4.24. The van der Waals surface area contributed by atoms with Crippen LogP contribution in [0.3, 0.4) is 0 Å². The number of benzene rings is 1. The van der Waals surface area contributed by atoms with E-state index in [0.717, 1.165) is 38.4 Å². The molecule has 0 bridgehead atoms. The van der Waals surface area contributed by atoms with Crippen LogP contribution < -0.4 is 0 Å². The van der Waals surface area contributed by atoms with E-state index in [1.807, 2.05) is 16.9 Å². The summed E-state index contributed by atoms with van der Waals surface area (Å²) in [6.45, 7) is 6.96. The summed E-state index contributed by atoms with van der Waals surface area (Å²) in [5.74, 6) is 0. The molecular formula is C20H28N4O. The van der Waals surface area contributed by atoms with Crippen molar-refractivity contribution in [2.45, 2.75) is 44.9 Å². The van der Waals surface area contributed by atoms with E-state index in [2.05, 4.69) is 46.2 Å². The molecule has 134 valence electrons. The van der Waals surface area contributed by atoms with E-state index < -0.39 is 0 Å². The Morgan fingerprint density at radius 3 is 2.72 bits per heavy atom. The lowest BCUT2D eigenvalue weighted by Crippen LogP contribution is -2.45. The number of rotatable bonds is 4. The standard InChI is InChI=1S/C20H28N4O/c1-16-7-3-4-8-18(16)24-13-17(11-21-24)12-22-14-19(20(25)15-22)23-9-5-2-6-10-23/h3-4,7-8,11,13,19-20,25H,2,5-6,9-10,12,14-15H2,1H3/t19-,20-/m0/s1. The zero-order valence-corrected chi connectivity index (χ0v) is 15.0. The topological polar surface area (TPSA) is 44.5 Å². The fourth-order valence-corrected chi connectivity index (χ4v) is 4.24. The van der Waals surface area contributed by atoms with Crippen molar-refractivity contribution in [1.29, 1.82) is 0 Å². The monoisotopic (exact) mass is 340 g/mol. The van der Waals surface area contributed by atoms with Crippen molar-refractivity contribution in [2.75, 3.05) is 26.2 Å². The third kappa shape index (κ3) is 3.64. The van der Waals surface area contributed by atoms with Crippen molar-refractivity contribution in [3.63, 3.8) is 0 Å². The number of para-hydroxylation sites is 1. The molecule has 2 saturated heterocycles. The van der Waals surface area contributed by atoms with Gasteiger partial charge in [-0.2, -0.15) is 5.10 Å². The number of hydrogen-bond donors (Lipinski definition) is 1. The van der Waals surface area contributed by atoms with E-state index in [4.69, 9.17) is 0 Å². The van der Waals surface area contributed by atoms with Crippen molar-refractivity contribution >= 4 is 0 Å². The third-order valence-corrected chi connectivity index (χ3v) is 5.60. The minimum Gasteiger partial charge on any atom is -0.390 e. The Kier molecular flexibility index (Phi) is 4.88. The lowest BCUT2D eigenvalue weighted by Gasteiger charge is -2.33. The highest BCUT2D eigenvalue weighted by atomic mass is 16.3. The minimum atomic E-state index is -0.232. The van der Waals surface area contributed by atoms with Crippen molar-refractivity contribution in [3.05, 3.63) is 47.8 Å². The predicted octanol–water partition coefficient (Wildman–Crippen LogP) is 2.21. The molecule has 25 heavy (non-hydrogen) atoms. The van der Waals surface area contributed by atoms with Crippen LogP contribution in [0.15, 0.2) is 36.7 Å². The Hall–Kier alpha value is -1.69.